The van der Waals surface area contributed by atoms with Gasteiger partial charge < -0.3 is 19.7 Å². The number of benzene rings is 1. The molecule has 6 heteroatoms. The number of carbonyl (C=O) groups is 2. The summed E-state index contributed by atoms with van der Waals surface area (Å²) in [4.78, 5) is 23.5. The van der Waals surface area contributed by atoms with E-state index in [1.165, 1.54) is 5.56 Å². The summed E-state index contributed by atoms with van der Waals surface area (Å²) in [6.45, 7) is -0.172. The summed E-state index contributed by atoms with van der Waals surface area (Å²) >= 11 is 0. The van der Waals surface area contributed by atoms with E-state index in [4.69, 9.17) is 9.84 Å². The van der Waals surface area contributed by atoms with Crippen molar-refractivity contribution in [2.45, 2.75) is 38.5 Å². The van der Waals surface area contributed by atoms with E-state index in [0.29, 0.717) is 25.0 Å². The van der Waals surface area contributed by atoms with Gasteiger partial charge in [0, 0.05) is 25.4 Å². The third-order valence-corrected chi connectivity index (χ3v) is 5.21. The SMILES string of the molecule is O=C(COCC#CC[C@H]1CCC(=O)[C@@H]1CCc1ccccc1CCO)OCCO. The highest BCUT2D eigenvalue weighted by atomic mass is 16.6. The first-order chi connectivity index (χ1) is 14.2. The van der Waals surface area contributed by atoms with Crippen molar-refractivity contribution >= 4 is 11.8 Å². The van der Waals surface area contributed by atoms with Crippen LogP contribution in [0.25, 0.3) is 0 Å². The van der Waals surface area contributed by atoms with E-state index in [1.807, 2.05) is 18.2 Å². The predicted molar refractivity (Wildman–Crippen MR) is 108 cm³/mol. The van der Waals surface area contributed by atoms with Crippen LogP contribution >= 0.6 is 0 Å². The Labute approximate surface area is 172 Å². The largest absolute Gasteiger partial charge is 0.462 e. The molecule has 1 fully saturated rings. The zero-order valence-corrected chi connectivity index (χ0v) is 16.8. The molecule has 0 heterocycles. The Morgan fingerprint density at radius 2 is 1.86 bits per heavy atom. The van der Waals surface area contributed by atoms with Crippen molar-refractivity contribution in [3.05, 3.63) is 35.4 Å². The summed E-state index contributed by atoms with van der Waals surface area (Å²) in [7, 11) is 0. The number of hydrogen-bond donors (Lipinski definition) is 2. The summed E-state index contributed by atoms with van der Waals surface area (Å²) in [5, 5.41) is 17.8. The van der Waals surface area contributed by atoms with E-state index in [9.17, 15) is 14.7 Å². The number of ether oxygens (including phenoxy) is 2. The fourth-order valence-electron chi connectivity index (χ4n) is 3.74. The maximum atomic E-state index is 12.3. The Morgan fingerprint density at radius 1 is 1.10 bits per heavy atom. The van der Waals surface area contributed by atoms with E-state index < -0.39 is 5.97 Å². The van der Waals surface area contributed by atoms with Crippen LogP contribution in [0.1, 0.15) is 36.8 Å². The molecule has 29 heavy (non-hydrogen) atoms. The quantitative estimate of drug-likeness (QED) is 0.332. The van der Waals surface area contributed by atoms with E-state index in [1.54, 1.807) is 0 Å². The summed E-state index contributed by atoms with van der Waals surface area (Å²) in [6, 6.07) is 8.07. The molecule has 0 bridgehead atoms. The highest BCUT2D eigenvalue weighted by Crippen LogP contribution is 2.34. The highest BCUT2D eigenvalue weighted by Gasteiger charge is 2.33. The molecule has 0 saturated heterocycles. The number of aliphatic hydroxyl groups excluding tert-OH is 2. The molecule has 0 unspecified atom stereocenters. The normalized spacial score (nSPS) is 18.3. The average Bonchev–Trinajstić information content (AvgIpc) is 3.08. The van der Waals surface area contributed by atoms with Crippen LogP contribution in [0.4, 0.5) is 0 Å². The average molecular weight is 402 g/mol. The Bertz CT molecular complexity index is 718. The van der Waals surface area contributed by atoms with Gasteiger partial charge in [0.25, 0.3) is 0 Å². The minimum Gasteiger partial charge on any atom is -0.462 e. The number of aliphatic hydroxyl groups is 2. The maximum absolute atomic E-state index is 12.3. The maximum Gasteiger partial charge on any atom is 0.332 e. The molecule has 1 aliphatic rings. The molecule has 6 nitrogen and oxygen atoms in total. The first-order valence-corrected chi connectivity index (χ1v) is 10.2. The summed E-state index contributed by atoms with van der Waals surface area (Å²) in [5.41, 5.74) is 2.35. The molecular weight excluding hydrogens is 372 g/mol. The molecule has 1 aromatic carbocycles. The Kier molecular flexibility index (Phi) is 10.4. The first kappa shape index (κ1) is 23.1. The second kappa shape index (κ2) is 13.1. The van der Waals surface area contributed by atoms with Gasteiger partial charge in [0.2, 0.25) is 0 Å². The zero-order chi connectivity index (χ0) is 20.9. The van der Waals surface area contributed by atoms with Crippen molar-refractivity contribution < 1.29 is 29.3 Å². The van der Waals surface area contributed by atoms with Gasteiger partial charge in [0.15, 0.2) is 0 Å². The summed E-state index contributed by atoms with van der Waals surface area (Å²) in [6.07, 6.45) is 4.40. The molecule has 1 aromatic rings. The van der Waals surface area contributed by atoms with Gasteiger partial charge in [0.1, 0.15) is 25.6 Å². The Balaban J connectivity index is 1.77. The fraction of sp³-hybridized carbons (Fsp3) is 0.565. The van der Waals surface area contributed by atoms with Crippen molar-refractivity contribution in [2.75, 3.05) is 33.0 Å². The Hall–Kier alpha value is -2.20. The molecule has 2 atom stereocenters. The van der Waals surface area contributed by atoms with Crippen LogP contribution in [0.3, 0.4) is 0 Å². The van der Waals surface area contributed by atoms with E-state index in [-0.39, 0.29) is 44.9 Å². The minimum atomic E-state index is -0.524. The second-order valence-corrected chi connectivity index (χ2v) is 7.15. The number of esters is 1. The van der Waals surface area contributed by atoms with Gasteiger partial charge in [0.05, 0.1) is 6.61 Å². The fourth-order valence-corrected chi connectivity index (χ4v) is 3.74. The number of Topliss-reactive ketones (excluding diaryl/α,β-unsaturated/α-hetero) is 1. The number of rotatable bonds is 11. The van der Waals surface area contributed by atoms with Crippen LogP contribution in [0.2, 0.25) is 0 Å². The lowest BCUT2D eigenvalue weighted by molar-refractivity contribution is -0.149. The zero-order valence-electron chi connectivity index (χ0n) is 16.8. The molecule has 2 rings (SSSR count). The molecule has 0 amide bonds. The number of hydrogen-bond acceptors (Lipinski definition) is 6. The molecule has 1 saturated carbocycles. The van der Waals surface area contributed by atoms with Gasteiger partial charge in [-0.25, -0.2) is 4.79 Å². The van der Waals surface area contributed by atoms with E-state index >= 15 is 0 Å². The molecular formula is C23H30O6. The lowest BCUT2D eigenvalue weighted by Crippen LogP contribution is -2.16. The molecule has 0 aliphatic heterocycles. The topological polar surface area (TPSA) is 93.1 Å². The third-order valence-electron chi connectivity index (χ3n) is 5.21. The number of ketones is 1. The van der Waals surface area contributed by atoms with Gasteiger partial charge in [-0.1, -0.05) is 30.2 Å². The highest BCUT2D eigenvalue weighted by molar-refractivity contribution is 5.83. The lowest BCUT2D eigenvalue weighted by atomic mass is 9.86. The van der Waals surface area contributed by atoms with Gasteiger partial charge in [-0.3, -0.25) is 4.79 Å². The van der Waals surface area contributed by atoms with Crippen molar-refractivity contribution in [2.24, 2.45) is 11.8 Å². The Morgan fingerprint density at radius 3 is 2.59 bits per heavy atom. The summed E-state index contributed by atoms with van der Waals surface area (Å²) < 4.78 is 9.81. The van der Waals surface area contributed by atoms with Gasteiger partial charge >= 0.3 is 5.97 Å². The van der Waals surface area contributed by atoms with Crippen molar-refractivity contribution in [3.8, 4) is 11.8 Å². The molecule has 1 aliphatic carbocycles. The summed E-state index contributed by atoms with van der Waals surface area (Å²) in [5.74, 6) is 6.04. The molecule has 0 aromatic heterocycles. The van der Waals surface area contributed by atoms with Gasteiger partial charge in [-0.2, -0.15) is 0 Å². The van der Waals surface area contributed by atoms with Crippen LogP contribution in [0.5, 0.6) is 0 Å². The molecule has 2 N–H and O–H groups in total. The predicted octanol–water partition coefficient (Wildman–Crippen LogP) is 1.69. The molecule has 158 valence electrons. The standard InChI is InChI=1S/C23H30O6/c24-13-12-19-6-2-1-5-18(19)8-10-21-20(9-11-22(21)26)7-3-4-15-28-17-23(27)29-16-14-25/h1-2,5-6,20-21,24-25H,7-17H2/t20-,21+/m0/s1. The second-order valence-electron chi connectivity index (χ2n) is 7.15. The van der Waals surface area contributed by atoms with Crippen LogP contribution in [0.15, 0.2) is 24.3 Å². The van der Waals surface area contributed by atoms with Crippen LogP contribution < -0.4 is 0 Å². The van der Waals surface area contributed by atoms with Crippen molar-refractivity contribution in [3.63, 3.8) is 0 Å². The van der Waals surface area contributed by atoms with E-state index in [0.717, 1.165) is 24.8 Å². The van der Waals surface area contributed by atoms with Crippen molar-refractivity contribution in [1.29, 1.82) is 0 Å². The van der Waals surface area contributed by atoms with Crippen molar-refractivity contribution in [1.82, 2.24) is 0 Å². The lowest BCUT2D eigenvalue weighted by Gasteiger charge is -2.17. The van der Waals surface area contributed by atoms with Crippen LogP contribution in [-0.2, 0) is 31.9 Å². The molecule has 0 spiro atoms. The number of aryl methyl sites for hydroxylation is 1. The smallest absolute Gasteiger partial charge is 0.332 e. The number of carbonyl (C=O) groups excluding carboxylic acids is 2. The van der Waals surface area contributed by atoms with Crippen LogP contribution in [0, 0.1) is 23.7 Å². The van der Waals surface area contributed by atoms with E-state index in [2.05, 4.69) is 22.6 Å². The van der Waals surface area contributed by atoms with Crippen LogP contribution in [-0.4, -0.2) is 55.0 Å². The minimum absolute atomic E-state index is 0.0286. The first-order valence-electron chi connectivity index (χ1n) is 10.2. The monoisotopic (exact) mass is 402 g/mol. The third kappa shape index (κ3) is 7.98. The van der Waals surface area contributed by atoms with Gasteiger partial charge in [-0.15, -0.1) is 5.92 Å². The van der Waals surface area contributed by atoms with Gasteiger partial charge in [-0.05, 0) is 42.7 Å². The molecule has 0 radical (unpaired) electrons.